The van der Waals surface area contributed by atoms with Crippen LogP contribution in [0.25, 0.3) is 22.2 Å². The lowest BCUT2D eigenvalue weighted by Crippen LogP contribution is -2.35. The number of aryl methyl sites for hydroxylation is 1. The van der Waals surface area contributed by atoms with Crippen LogP contribution >= 0.6 is 0 Å². The van der Waals surface area contributed by atoms with Gasteiger partial charge in [-0.3, -0.25) is 0 Å². The highest BCUT2D eigenvalue weighted by molar-refractivity contribution is 5.89. The molecular weight excluding hydrogens is 627 g/mol. The van der Waals surface area contributed by atoms with Crippen molar-refractivity contribution in [2.24, 2.45) is 11.3 Å². The lowest BCUT2D eigenvalue weighted by molar-refractivity contribution is -0.137. The molecule has 2 N–H and O–H groups in total. The third-order valence-corrected chi connectivity index (χ3v) is 9.53. The first-order chi connectivity index (χ1) is 22.0. The summed E-state index contributed by atoms with van der Waals surface area (Å²) in [6.45, 7) is 11.0. The van der Waals surface area contributed by atoms with Crippen molar-refractivity contribution in [3.8, 4) is 17.3 Å². The molecule has 0 aliphatic heterocycles. The Kier molecular flexibility index (Phi) is 10.7. The van der Waals surface area contributed by atoms with Gasteiger partial charge >= 0.3 is 12.2 Å². The molecule has 0 bridgehead atoms. The molecule has 1 saturated carbocycles. The molecule has 0 spiro atoms. The number of nitrogen functional groups attached to an aromatic ring is 1. The number of pyridine rings is 1. The molecule has 3 atom stereocenters. The number of benzene rings is 1. The Bertz CT molecular complexity index is 1610. The quantitative estimate of drug-likeness (QED) is 0.136. The topological polar surface area (TPSA) is 77.2 Å². The first-order valence-electron chi connectivity index (χ1n) is 16.2. The van der Waals surface area contributed by atoms with Gasteiger partial charge < -0.3 is 15.4 Å². The molecule has 1 aliphatic carbocycles. The number of hydrogen-bond donors (Lipinski definition) is 1. The number of unbranched alkanes of at least 4 members (excludes halogenated alkanes) is 1. The number of hydrogen-bond acceptors (Lipinski definition) is 6. The Morgan fingerprint density at radius 2 is 1.70 bits per heavy atom. The second kappa shape index (κ2) is 13.7. The monoisotopic (exact) mass is 671 g/mol. The molecule has 1 fully saturated rings. The van der Waals surface area contributed by atoms with E-state index in [0.29, 0.717) is 19.4 Å². The second-order valence-corrected chi connectivity index (χ2v) is 12.9. The number of ether oxygens (including phenoxy) is 1. The zero-order valence-electron chi connectivity index (χ0n) is 28.0. The normalized spacial score (nSPS) is 19.0. The van der Waals surface area contributed by atoms with E-state index in [9.17, 15) is 26.3 Å². The van der Waals surface area contributed by atoms with Crippen LogP contribution in [-0.4, -0.2) is 52.5 Å². The highest BCUT2D eigenvalue weighted by Gasteiger charge is 2.71. The Balaban J connectivity index is 1.94. The predicted octanol–water partition coefficient (Wildman–Crippen LogP) is 9.12. The summed E-state index contributed by atoms with van der Waals surface area (Å²) in [7, 11) is 1.76. The van der Waals surface area contributed by atoms with Gasteiger partial charge in [-0.05, 0) is 51.8 Å². The van der Waals surface area contributed by atoms with E-state index in [0.717, 1.165) is 18.9 Å². The average Bonchev–Trinajstić information content (AvgIpc) is 3.55. The van der Waals surface area contributed by atoms with Gasteiger partial charge in [0.25, 0.3) is 5.92 Å². The molecule has 0 radical (unpaired) electrons. The van der Waals surface area contributed by atoms with E-state index in [-0.39, 0.29) is 53.1 Å². The third-order valence-electron chi connectivity index (χ3n) is 9.53. The van der Waals surface area contributed by atoms with E-state index >= 15 is 4.39 Å². The van der Waals surface area contributed by atoms with Crippen LogP contribution < -0.4 is 10.5 Å². The van der Waals surface area contributed by atoms with E-state index in [1.54, 1.807) is 14.0 Å². The lowest BCUT2D eigenvalue weighted by atomic mass is 9.84. The first kappa shape index (κ1) is 36.6. The largest absolute Gasteiger partial charge is 0.463 e. The average molecular weight is 672 g/mol. The summed E-state index contributed by atoms with van der Waals surface area (Å²) >= 11 is 0. The van der Waals surface area contributed by atoms with E-state index in [2.05, 4.69) is 15.0 Å². The van der Waals surface area contributed by atoms with Crippen LogP contribution in [0.5, 0.6) is 6.01 Å². The fourth-order valence-electron chi connectivity index (χ4n) is 6.57. The molecule has 6 nitrogen and oxygen atoms in total. The number of fused-ring (bicyclic) bond motifs is 1. The summed E-state index contributed by atoms with van der Waals surface area (Å²) in [6, 6.07) is 0.373. The summed E-state index contributed by atoms with van der Waals surface area (Å²) in [5, 5.41) is 0.205. The maximum atomic E-state index is 16.6. The van der Waals surface area contributed by atoms with Gasteiger partial charge in [0.2, 0.25) is 0 Å². The van der Waals surface area contributed by atoms with Crippen LogP contribution in [0.15, 0.2) is 6.07 Å². The van der Waals surface area contributed by atoms with Gasteiger partial charge in [0.15, 0.2) is 5.82 Å². The van der Waals surface area contributed by atoms with Crippen molar-refractivity contribution >= 4 is 16.6 Å². The van der Waals surface area contributed by atoms with E-state index in [1.807, 2.05) is 32.6 Å². The molecule has 3 aromatic rings. The van der Waals surface area contributed by atoms with Crippen LogP contribution in [0, 0.1) is 29.9 Å². The van der Waals surface area contributed by atoms with Crippen LogP contribution in [-0.2, 0) is 12.6 Å². The number of nitrogens with zero attached hydrogens (tertiary/aromatic N) is 4. The van der Waals surface area contributed by atoms with Gasteiger partial charge in [-0.2, -0.15) is 23.1 Å². The molecule has 0 saturated heterocycles. The molecule has 260 valence electrons. The summed E-state index contributed by atoms with van der Waals surface area (Å²) < 4.78 is 110. The number of nitrogens with two attached hydrogens (primary N) is 1. The molecule has 2 heterocycles. The minimum Gasteiger partial charge on any atom is -0.463 e. The van der Waals surface area contributed by atoms with Crippen molar-refractivity contribution in [3.63, 3.8) is 0 Å². The number of anilines is 1. The van der Waals surface area contributed by atoms with E-state index in [4.69, 9.17) is 10.5 Å². The zero-order valence-corrected chi connectivity index (χ0v) is 28.0. The predicted molar refractivity (Wildman–Crippen MR) is 169 cm³/mol. The number of halogens is 7. The fraction of sp³-hybridized carbons (Fsp3) is 0.618. The third kappa shape index (κ3) is 7.00. The Morgan fingerprint density at radius 3 is 2.23 bits per heavy atom. The minimum atomic E-state index is -5.07. The van der Waals surface area contributed by atoms with Crippen molar-refractivity contribution in [1.29, 1.82) is 0 Å². The Hall–Kier alpha value is -3.22. The van der Waals surface area contributed by atoms with Crippen molar-refractivity contribution < 1.29 is 35.5 Å². The summed E-state index contributed by atoms with van der Waals surface area (Å²) in [6.07, 6.45) is -2.86. The Morgan fingerprint density at radius 1 is 1.04 bits per heavy atom. The first-order valence-corrected chi connectivity index (χ1v) is 16.2. The lowest BCUT2D eigenvalue weighted by Gasteiger charge is -2.26. The molecule has 2 aromatic heterocycles. The maximum absolute atomic E-state index is 16.6. The minimum absolute atomic E-state index is 0.0161. The SMILES string of the molecule is CCCCN(C)CC1(COc2nc(C)c3c(C(CC)C(C)CC)nc(-c4cc(N)c(F)c(CC)c4C(F)(F)F)c(F)c3n2)CC1(F)F. The molecule has 0 amide bonds. The second-order valence-electron chi connectivity index (χ2n) is 12.9. The molecule has 13 heteroatoms. The molecule has 47 heavy (non-hydrogen) atoms. The number of rotatable bonds is 14. The molecule has 4 rings (SSSR count). The van der Waals surface area contributed by atoms with Crippen LogP contribution in [0.2, 0.25) is 0 Å². The van der Waals surface area contributed by atoms with E-state index < -0.39 is 70.2 Å². The highest BCUT2D eigenvalue weighted by atomic mass is 19.4. The van der Waals surface area contributed by atoms with Gasteiger partial charge in [0, 0.05) is 35.4 Å². The highest BCUT2D eigenvalue weighted by Crippen LogP contribution is 2.61. The zero-order chi connectivity index (χ0) is 35.1. The van der Waals surface area contributed by atoms with Crippen LogP contribution in [0.4, 0.5) is 36.4 Å². The van der Waals surface area contributed by atoms with Gasteiger partial charge in [0.1, 0.15) is 23.6 Å². The summed E-state index contributed by atoms with van der Waals surface area (Å²) in [5.41, 5.74) is 0.450. The van der Waals surface area contributed by atoms with Crippen molar-refractivity contribution in [1.82, 2.24) is 19.9 Å². The van der Waals surface area contributed by atoms with Crippen molar-refractivity contribution in [3.05, 3.63) is 40.2 Å². The summed E-state index contributed by atoms with van der Waals surface area (Å²) in [5.74, 6) is -5.76. The van der Waals surface area contributed by atoms with Gasteiger partial charge in [-0.1, -0.05) is 47.5 Å². The maximum Gasteiger partial charge on any atom is 0.417 e. The fourth-order valence-corrected chi connectivity index (χ4v) is 6.57. The molecule has 1 aromatic carbocycles. The molecule has 1 aliphatic rings. The molecule has 3 unspecified atom stereocenters. The standard InChI is InChI=1S/C34H44F7N5O/c1-8-12-13-46(7)16-32(15-33(32,37)38)17-47-31-43-19(6)24-28(20(10-3)18(5)9-2)44-29(27(36)30(24)45-31)22-14-23(42)26(35)21(11-4)25(22)34(39,40)41/h14,18,20H,8-13,15-17,42H2,1-7H3. The smallest absolute Gasteiger partial charge is 0.417 e. The summed E-state index contributed by atoms with van der Waals surface area (Å²) in [4.78, 5) is 15.0. The van der Waals surface area contributed by atoms with E-state index in [1.165, 1.54) is 6.92 Å². The van der Waals surface area contributed by atoms with Crippen molar-refractivity contribution in [2.75, 3.05) is 32.5 Å². The van der Waals surface area contributed by atoms with Gasteiger partial charge in [0.05, 0.1) is 28.1 Å². The van der Waals surface area contributed by atoms with Crippen molar-refractivity contribution in [2.45, 2.75) is 98.1 Å². The Labute approximate surface area is 271 Å². The molecular formula is C34H44F7N5O. The van der Waals surface area contributed by atoms with Gasteiger partial charge in [-0.15, -0.1) is 0 Å². The van der Waals surface area contributed by atoms with Gasteiger partial charge in [-0.25, -0.2) is 22.5 Å². The number of aromatic nitrogens is 3. The van der Waals surface area contributed by atoms with Crippen LogP contribution in [0.1, 0.15) is 95.2 Å². The number of alkyl halides is 5. The van der Waals surface area contributed by atoms with Crippen LogP contribution in [0.3, 0.4) is 0 Å².